The molecule has 1 aliphatic rings. The summed E-state index contributed by atoms with van der Waals surface area (Å²) < 4.78 is 5.24. The molecule has 1 heterocycles. The largest absolute Gasteiger partial charge is 0.452 e. The van der Waals surface area contributed by atoms with Gasteiger partial charge in [0, 0.05) is 17.6 Å². The first kappa shape index (κ1) is 15.5. The maximum absolute atomic E-state index is 12.6. The number of hydrogen-bond donors (Lipinski definition) is 1. The minimum atomic E-state index is -0.437. The summed E-state index contributed by atoms with van der Waals surface area (Å²) in [6.07, 6.45) is 3.85. The summed E-state index contributed by atoms with van der Waals surface area (Å²) >= 11 is 0. The molecule has 120 valence electrons. The van der Waals surface area contributed by atoms with Crippen molar-refractivity contribution in [3.8, 4) is 0 Å². The van der Waals surface area contributed by atoms with Gasteiger partial charge in [-0.15, -0.1) is 0 Å². The van der Waals surface area contributed by atoms with E-state index in [1.54, 1.807) is 0 Å². The van der Waals surface area contributed by atoms with Crippen molar-refractivity contribution in [3.05, 3.63) is 41.1 Å². The number of aryl methyl sites for hydroxylation is 1. The van der Waals surface area contributed by atoms with Gasteiger partial charge >= 0.3 is 5.97 Å². The van der Waals surface area contributed by atoms with Crippen LogP contribution in [0.25, 0.3) is 10.9 Å². The van der Waals surface area contributed by atoms with E-state index in [-0.39, 0.29) is 12.5 Å². The monoisotopic (exact) mass is 312 g/mol. The fourth-order valence-corrected chi connectivity index (χ4v) is 3.06. The SMILES string of the molecule is CCNC(=O)COC(=O)c1c2c(nc3ccccc13)CCCC2. The molecule has 23 heavy (non-hydrogen) atoms. The molecule has 1 aromatic heterocycles. The first-order valence-electron chi connectivity index (χ1n) is 8.05. The predicted octanol–water partition coefficient (Wildman–Crippen LogP) is 2.41. The van der Waals surface area contributed by atoms with Crippen LogP contribution < -0.4 is 5.32 Å². The van der Waals surface area contributed by atoms with Crippen molar-refractivity contribution in [1.29, 1.82) is 0 Å². The van der Waals surface area contributed by atoms with E-state index in [4.69, 9.17) is 9.72 Å². The predicted molar refractivity (Wildman–Crippen MR) is 87.4 cm³/mol. The number of likely N-dealkylation sites (N-methyl/N-ethyl adjacent to an activating group) is 1. The molecule has 1 aliphatic carbocycles. The van der Waals surface area contributed by atoms with Crippen molar-refractivity contribution in [2.24, 2.45) is 0 Å². The van der Waals surface area contributed by atoms with Crippen LogP contribution in [0.5, 0.6) is 0 Å². The van der Waals surface area contributed by atoms with Crippen molar-refractivity contribution >= 4 is 22.8 Å². The van der Waals surface area contributed by atoms with Crippen LogP contribution in [0, 0.1) is 0 Å². The second-order valence-electron chi connectivity index (χ2n) is 5.67. The number of rotatable bonds is 4. The van der Waals surface area contributed by atoms with Gasteiger partial charge in [-0.3, -0.25) is 9.78 Å². The molecule has 2 aromatic rings. The van der Waals surface area contributed by atoms with Crippen LogP contribution in [0.1, 0.15) is 41.4 Å². The lowest BCUT2D eigenvalue weighted by Crippen LogP contribution is -2.28. The van der Waals surface area contributed by atoms with Crippen molar-refractivity contribution < 1.29 is 14.3 Å². The number of amides is 1. The van der Waals surface area contributed by atoms with E-state index in [1.165, 1.54) is 0 Å². The number of benzene rings is 1. The van der Waals surface area contributed by atoms with E-state index in [0.29, 0.717) is 12.1 Å². The molecule has 1 N–H and O–H groups in total. The molecule has 0 saturated carbocycles. The normalized spacial score (nSPS) is 13.4. The number of hydrogen-bond acceptors (Lipinski definition) is 4. The molecule has 0 radical (unpaired) electrons. The highest BCUT2D eigenvalue weighted by Gasteiger charge is 2.23. The Hall–Kier alpha value is -2.43. The Balaban J connectivity index is 1.97. The van der Waals surface area contributed by atoms with Gasteiger partial charge in [-0.1, -0.05) is 18.2 Å². The molecule has 0 fully saturated rings. The van der Waals surface area contributed by atoms with E-state index in [1.807, 2.05) is 31.2 Å². The van der Waals surface area contributed by atoms with Crippen molar-refractivity contribution in [3.63, 3.8) is 0 Å². The lowest BCUT2D eigenvalue weighted by atomic mass is 9.90. The third-order valence-corrected chi connectivity index (χ3v) is 4.08. The van der Waals surface area contributed by atoms with Crippen LogP contribution in [-0.4, -0.2) is 30.0 Å². The lowest BCUT2D eigenvalue weighted by molar-refractivity contribution is -0.124. The van der Waals surface area contributed by atoms with Crippen LogP contribution >= 0.6 is 0 Å². The van der Waals surface area contributed by atoms with Gasteiger partial charge in [0.1, 0.15) is 0 Å². The number of nitrogens with zero attached hydrogens (tertiary/aromatic N) is 1. The Morgan fingerprint density at radius 3 is 2.83 bits per heavy atom. The van der Waals surface area contributed by atoms with Crippen LogP contribution in [0.15, 0.2) is 24.3 Å². The van der Waals surface area contributed by atoms with E-state index >= 15 is 0 Å². The Morgan fingerprint density at radius 1 is 1.22 bits per heavy atom. The molecule has 0 saturated heterocycles. The smallest absolute Gasteiger partial charge is 0.339 e. The molecule has 5 heteroatoms. The maximum atomic E-state index is 12.6. The average Bonchev–Trinajstić information content (AvgIpc) is 2.57. The topological polar surface area (TPSA) is 68.3 Å². The Bertz CT molecular complexity index is 755. The number of carbonyl (C=O) groups excluding carboxylic acids is 2. The minimum absolute atomic E-state index is 0.252. The summed E-state index contributed by atoms with van der Waals surface area (Å²) in [5, 5.41) is 3.42. The average molecular weight is 312 g/mol. The van der Waals surface area contributed by atoms with E-state index in [0.717, 1.165) is 47.8 Å². The van der Waals surface area contributed by atoms with E-state index in [2.05, 4.69) is 5.32 Å². The summed E-state index contributed by atoms with van der Waals surface area (Å²) in [7, 11) is 0. The first-order chi connectivity index (χ1) is 11.2. The number of fused-ring (bicyclic) bond motifs is 2. The quantitative estimate of drug-likeness (QED) is 0.880. The van der Waals surface area contributed by atoms with Crippen molar-refractivity contribution in [1.82, 2.24) is 10.3 Å². The van der Waals surface area contributed by atoms with Crippen LogP contribution in [0.2, 0.25) is 0 Å². The lowest BCUT2D eigenvalue weighted by Gasteiger charge is -2.19. The highest BCUT2D eigenvalue weighted by molar-refractivity contribution is 6.05. The highest BCUT2D eigenvalue weighted by atomic mass is 16.5. The van der Waals surface area contributed by atoms with Gasteiger partial charge in [0.15, 0.2) is 6.61 Å². The number of ether oxygens (including phenoxy) is 1. The number of pyridine rings is 1. The zero-order valence-electron chi connectivity index (χ0n) is 13.2. The standard InChI is InChI=1S/C18H20N2O3/c1-2-19-16(21)11-23-18(22)17-12-7-3-5-9-14(12)20-15-10-6-4-8-13(15)17/h3,5,7,9H,2,4,6,8,10-11H2,1H3,(H,19,21). The van der Waals surface area contributed by atoms with Crippen LogP contribution in [0.3, 0.4) is 0 Å². The van der Waals surface area contributed by atoms with E-state index < -0.39 is 5.97 Å². The maximum Gasteiger partial charge on any atom is 0.339 e. The number of nitrogens with one attached hydrogen (secondary N) is 1. The summed E-state index contributed by atoms with van der Waals surface area (Å²) in [4.78, 5) is 28.8. The molecule has 0 aliphatic heterocycles. The second kappa shape index (κ2) is 6.77. The molecule has 1 aromatic carbocycles. The molecule has 0 atom stereocenters. The molecular formula is C18H20N2O3. The van der Waals surface area contributed by atoms with Crippen molar-refractivity contribution in [2.45, 2.75) is 32.6 Å². The van der Waals surface area contributed by atoms with Gasteiger partial charge in [-0.2, -0.15) is 0 Å². The molecule has 0 spiro atoms. The third-order valence-electron chi connectivity index (χ3n) is 4.08. The zero-order valence-corrected chi connectivity index (χ0v) is 13.2. The Labute approximate surface area is 135 Å². The fourth-order valence-electron chi connectivity index (χ4n) is 3.06. The van der Waals surface area contributed by atoms with Gasteiger partial charge in [0.25, 0.3) is 5.91 Å². The van der Waals surface area contributed by atoms with Gasteiger partial charge < -0.3 is 10.1 Å². The summed E-state index contributed by atoms with van der Waals surface area (Å²) in [5.74, 6) is -0.721. The summed E-state index contributed by atoms with van der Waals surface area (Å²) in [6.45, 7) is 2.09. The molecule has 1 amide bonds. The Morgan fingerprint density at radius 2 is 2.00 bits per heavy atom. The summed E-state index contributed by atoms with van der Waals surface area (Å²) in [6, 6.07) is 7.60. The molecule has 0 unspecified atom stereocenters. The number of para-hydroxylation sites is 1. The van der Waals surface area contributed by atoms with Crippen LogP contribution in [-0.2, 0) is 22.4 Å². The molecule has 5 nitrogen and oxygen atoms in total. The Kier molecular flexibility index (Phi) is 4.55. The van der Waals surface area contributed by atoms with Crippen LogP contribution in [0.4, 0.5) is 0 Å². The zero-order chi connectivity index (χ0) is 16.2. The minimum Gasteiger partial charge on any atom is -0.452 e. The highest BCUT2D eigenvalue weighted by Crippen LogP contribution is 2.29. The van der Waals surface area contributed by atoms with Gasteiger partial charge in [0.05, 0.1) is 11.1 Å². The second-order valence-corrected chi connectivity index (χ2v) is 5.67. The molecular weight excluding hydrogens is 292 g/mol. The van der Waals surface area contributed by atoms with Gasteiger partial charge in [-0.05, 0) is 44.2 Å². The van der Waals surface area contributed by atoms with Gasteiger partial charge in [-0.25, -0.2) is 4.79 Å². The molecule has 0 bridgehead atoms. The summed E-state index contributed by atoms with van der Waals surface area (Å²) in [5.41, 5.74) is 3.35. The van der Waals surface area contributed by atoms with Gasteiger partial charge in [0.2, 0.25) is 0 Å². The number of aromatic nitrogens is 1. The first-order valence-corrected chi connectivity index (χ1v) is 8.05. The van der Waals surface area contributed by atoms with Crippen molar-refractivity contribution in [2.75, 3.05) is 13.2 Å². The molecule has 3 rings (SSSR count). The van der Waals surface area contributed by atoms with E-state index in [9.17, 15) is 9.59 Å². The fraction of sp³-hybridized carbons (Fsp3) is 0.389. The third kappa shape index (κ3) is 3.18. The number of esters is 1. The number of carbonyl (C=O) groups is 2.